The van der Waals surface area contributed by atoms with E-state index >= 15 is 0 Å². The molecule has 0 atom stereocenters. The number of methoxy groups -OCH3 is 2. The van der Waals surface area contributed by atoms with Gasteiger partial charge in [0.25, 0.3) is 0 Å². The van der Waals surface area contributed by atoms with Crippen molar-refractivity contribution < 1.29 is 19.1 Å². The summed E-state index contributed by atoms with van der Waals surface area (Å²) in [6.07, 6.45) is 5.39. The van der Waals surface area contributed by atoms with Gasteiger partial charge in [0.15, 0.2) is 11.5 Å². The maximum atomic E-state index is 12.7. The fourth-order valence-electron chi connectivity index (χ4n) is 3.62. The van der Waals surface area contributed by atoms with Crippen molar-refractivity contribution in [3.63, 3.8) is 0 Å². The molecule has 0 bridgehead atoms. The second-order valence-electron chi connectivity index (χ2n) is 7.20. The number of para-hydroxylation sites is 2. The van der Waals surface area contributed by atoms with E-state index in [4.69, 9.17) is 9.47 Å². The van der Waals surface area contributed by atoms with Gasteiger partial charge in [-0.2, -0.15) is 0 Å². The number of rotatable bonds is 7. The van der Waals surface area contributed by atoms with Crippen LogP contribution < -0.4 is 14.8 Å². The first-order valence-corrected chi connectivity index (χ1v) is 9.98. The summed E-state index contributed by atoms with van der Waals surface area (Å²) in [6.45, 7) is 1.00. The van der Waals surface area contributed by atoms with E-state index in [2.05, 4.69) is 10.3 Å². The summed E-state index contributed by atoms with van der Waals surface area (Å²) in [5.74, 6) is 0.791. The SMILES string of the molecule is COc1cc2c(cc1OC)CC(=O)N(CC(=O)NCCn1cnc3ccccc31)C=C2. The first-order valence-electron chi connectivity index (χ1n) is 9.98. The van der Waals surface area contributed by atoms with E-state index in [-0.39, 0.29) is 24.8 Å². The van der Waals surface area contributed by atoms with Gasteiger partial charge in [-0.3, -0.25) is 9.59 Å². The molecule has 0 radical (unpaired) electrons. The zero-order valence-corrected chi connectivity index (χ0v) is 17.5. The van der Waals surface area contributed by atoms with Crippen molar-refractivity contribution in [2.45, 2.75) is 13.0 Å². The summed E-state index contributed by atoms with van der Waals surface area (Å²) >= 11 is 0. The van der Waals surface area contributed by atoms with Crippen LogP contribution in [0.2, 0.25) is 0 Å². The number of ether oxygens (including phenoxy) is 2. The largest absolute Gasteiger partial charge is 0.493 e. The van der Waals surface area contributed by atoms with E-state index in [1.165, 1.54) is 4.90 Å². The highest BCUT2D eigenvalue weighted by molar-refractivity contribution is 5.89. The molecule has 31 heavy (non-hydrogen) atoms. The summed E-state index contributed by atoms with van der Waals surface area (Å²) in [5, 5.41) is 2.88. The molecule has 0 fully saturated rings. The average molecular weight is 420 g/mol. The van der Waals surface area contributed by atoms with Crippen LogP contribution in [0, 0.1) is 0 Å². The van der Waals surface area contributed by atoms with Gasteiger partial charge in [0.2, 0.25) is 11.8 Å². The van der Waals surface area contributed by atoms with Gasteiger partial charge in [0.1, 0.15) is 6.54 Å². The van der Waals surface area contributed by atoms with E-state index in [0.29, 0.717) is 24.6 Å². The summed E-state index contributed by atoms with van der Waals surface area (Å²) in [7, 11) is 3.13. The number of fused-ring (bicyclic) bond motifs is 2. The summed E-state index contributed by atoms with van der Waals surface area (Å²) in [6, 6.07) is 11.5. The number of benzene rings is 2. The number of nitrogens with one attached hydrogen (secondary N) is 1. The second kappa shape index (κ2) is 8.91. The van der Waals surface area contributed by atoms with Crippen molar-refractivity contribution in [2.24, 2.45) is 0 Å². The number of hydrogen-bond donors (Lipinski definition) is 1. The second-order valence-corrected chi connectivity index (χ2v) is 7.20. The lowest BCUT2D eigenvalue weighted by molar-refractivity contribution is -0.132. The minimum Gasteiger partial charge on any atom is -0.493 e. The van der Waals surface area contributed by atoms with Crippen molar-refractivity contribution in [1.29, 1.82) is 0 Å². The van der Waals surface area contributed by atoms with Gasteiger partial charge in [-0.25, -0.2) is 4.98 Å². The molecule has 160 valence electrons. The van der Waals surface area contributed by atoms with Crippen molar-refractivity contribution in [1.82, 2.24) is 19.8 Å². The van der Waals surface area contributed by atoms with Crippen molar-refractivity contribution >= 4 is 28.9 Å². The summed E-state index contributed by atoms with van der Waals surface area (Å²) in [5.41, 5.74) is 3.63. The Labute approximate surface area is 180 Å². The van der Waals surface area contributed by atoms with Crippen molar-refractivity contribution in [3.05, 3.63) is 60.1 Å². The van der Waals surface area contributed by atoms with E-state index < -0.39 is 0 Å². The lowest BCUT2D eigenvalue weighted by atomic mass is 10.0. The van der Waals surface area contributed by atoms with Crippen LogP contribution in [-0.2, 0) is 22.6 Å². The smallest absolute Gasteiger partial charge is 0.240 e. The Hall–Kier alpha value is -3.81. The van der Waals surface area contributed by atoms with Gasteiger partial charge in [-0.05, 0) is 41.5 Å². The van der Waals surface area contributed by atoms with Crippen LogP contribution in [0.25, 0.3) is 17.1 Å². The quantitative estimate of drug-likeness (QED) is 0.634. The molecule has 1 aliphatic rings. The van der Waals surface area contributed by atoms with Gasteiger partial charge in [-0.15, -0.1) is 0 Å². The van der Waals surface area contributed by atoms with Crippen LogP contribution in [0.5, 0.6) is 11.5 Å². The number of carbonyl (C=O) groups excluding carboxylic acids is 2. The third-order valence-electron chi connectivity index (χ3n) is 5.26. The third kappa shape index (κ3) is 4.37. The van der Waals surface area contributed by atoms with Gasteiger partial charge < -0.3 is 24.3 Å². The van der Waals surface area contributed by atoms with E-state index in [9.17, 15) is 9.59 Å². The zero-order valence-electron chi connectivity index (χ0n) is 17.5. The highest BCUT2D eigenvalue weighted by Crippen LogP contribution is 2.32. The normalized spacial score (nSPS) is 13.1. The molecule has 0 spiro atoms. The molecule has 0 saturated heterocycles. The molecule has 2 aromatic carbocycles. The molecule has 4 rings (SSSR count). The molecule has 0 saturated carbocycles. The van der Waals surface area contributed by atoms with Gasteiger partial charge in [0.05, 0.1) is 38.0 Å². The molecule has 0 aliphatic carbocycles. The fourth-order valence-corrected chi connectivity index (χ4v) is 3.62. The highest BCUT2D eigenvalue weighted by atomic mass is 16.5. The summed E-state index contributed by atoms with van der Waals surface area (Å²) < 4.78 is 12.7. The Bertz CT molecular complexity index is 1150. The Morgan fingerprint density at radius 3 is 2.74 bits per heavy atom. The Morgan fingerprint density at radius 1 is 1.16 bits per heavy atom. The maximum Gasteiger partial charge on any atom is 0.240 e. The molecule has 3 aromatic rings. The maximum absolute atomic E-state index is 12.7. The Balaban J connectivity index is 1.36. The Morgan fingerprint density at radius 2 is 1.94 bits per heavy atom. The number of imidazole rings is 1. The predicted molar refractivity (Wildman–Crippen MR) is 117 cm³/mol. The van der Waals surface area contributed by atoms with Crippen molar-refractivity contribution in [2.75, 3.05) is 27.3 Å². The molecular formula is C23H24N4O4. The number of nitrogens with zero attached hydrogens (tertiary/aromatic N) is 3. The molecule has 2 heterocycles. The molecule has 8 heteroatoms. The number of aromatic nitrogens is 2. The Kier molecular flexibility index (Phi) is 5.88. The minimum absolute atomic E-state index is 0.0394. The molecule has 1 aliphatic heterocycles. The predicted octanol–water partition coefficient (Wildman–Crippen LogP) is 2.23. The molecule has 2 amide bonds. The summed E-state index contributed by atoms with van der Waals surface area (Å²) in [4.78, 5) is 30.9. The van der Waals surface area contributed by atoms with Crippen LogP contribution in [-0.4, -0.2) is 53.6 Å². The minimum atomic E-state index is -0.219. The van der Waals surface area contributed by atoms with E-state index in [1.807, 2.05) is 41.0 Å². The number of hydrogen-bond acceptors (Lipinski definition) is 5. The van der Waals surface area contributed by atoms with Crippen molar-refractivity contribution in [3.8, 4) is 11.5 Å². The third-order valence-corrected chi connectivity index (χ3v) is 5.26. The zero-order chi connectivity index (χ0) is 21.8. The van der Waals surface area contributed by atoms with Crippen LogP contribution in [0.15, 0.2) is 48.9 Å². The van der Waals surface area contributed by atoms with E-state index in [1.54, 1.807) is 32.8 Å². The fraction of sp³-hybridized carbons (Fsp3) is 0.261. The first-order chi connectivity index (χ1) is 15.1. The standard InChI is InChI=1S/C23H24N4O4/c1-30-20-11-16-7-9-26(23(29)13-17(16)12-21(20)31-2)14-22(28)24-8-10-27-15-25-18-5-3-4-6-19(18)27/h3-7,9,11-12,15H,8,10,13-14H2,1-2H3,(H,24,28). The topological polar surface area (TPSA) is 85.7 Å². The van der Waals surface area contributed by atoms with Crippen LogP contribution >= 0.6 is 0 Å². The van der Waals surface area contributed by atoms with Crippen LogP contribution in [0.4, 0.5) is 0 Å². The first kappa shape index (κ1) is 20.5. The molecule has 1 N–H and O–H groups in total. The van der Waals surface area contributed by atoms with Crippen LogP contribution in [0.3, 0.4) is 0 Å². The van der Waals surface area contributed by atoms with Gasteiger partial charge in [0, 0.05) is 19.3 Å². The lowest BCUT2D eigenvalue weighted by Crippen LogP contribution is -2.39. The van der Waals surface area contributed by atoms with Gasteiger partial charge in [-0.1, -0.05) is 12.1 Å². The molecule has 1 aromatic heterocycles. The number of carbonyl (C=O) groups is 2. The lowest BCUT2D eigenvalue weighted by Gasteiger charge is -2.17. The van der Waals surface area contributed by atoms with E-state index in [0.717, 1.165) is 22.2 Å². The highest BCUT2D eigenvalue weighted by Gasteiger charge is 2.21. The van der Waals surface area contributed by atoms with Gasteiger partial charge >= 0.3 is 0 Å². The number of amides is 2. The molecule has 8 nitrogen and oxygen atoms in total. The average Bonchev–Trinajstić information content (AvgIpc) is 3.13. The van der Waals surface area contributed by atoms with Crippen LogP contribution in [0.1, 0.15) is 11.1 Å². The molecule has 0 unspecified atom stereocenters. The molecular weight excluding hydrogens is 396 g/mol. The monoisotopic (exact) mass is 420 g/mol.